The molecule has 4 rings (SSSR count). The topological polar surface area (TPSA) is 33.2 Å². The average Bonchev–Trinajstić information content (AvgIpc) is 2.75. The van der Waals surface area contributed by atoms with Gasteiger partial charge in [-0.1, -0.05) is 79.5 Å². The molecule has 0 radical (unpaired) electrons. The van der Waals surface area contributed by atoms with Crippen molar-refractivity contribution in [2.45, 2.75) is 26.4 Å². The molecule has 3 nitrogen and oxygen atoms in total. The van der Waals surface area contributed by atoms with Crippen molar-refractivity contribution in [3.8, 4) is 0 Å². The van der Waals surface area contributed by atoms with Crippen LogP contribution >= 0.6 is 23.2 Å². The van der Waals surface area contributed by atoms with Gasteiger partial charge in [-0.15, -0.1) is 0 Å². The summed E-state index contributed by atoms with van der Waals surface area (Å²) in [5.74, 6) is 0.124. The predicted molar refractivity (Wildman–Crippen MR) is 127 cm³/mol. The fourth-order valence-electron chi connectivity index (χ4n) is 4.19. The molecule has 1 aliphatic heterocycles. The van der Waals surface area contributed by atoms with E-state index >= 15 is 0 Å². The second-order valence-electron chi connectivity index (χ2n) is 8.53. The third kappa shape index (κ3) is 4.74. The van der Waals surface area contributed by atoms with Crippen molar-refractivity contribution < 1.29 is 4.79 Å². The fraction of sp³-hybridized carbons (Fsp3) is 0.231. The van der Waals surface area contributed by atoms with E-state index in [0.29, 0.717) is 28.7 Å². The van der Waals surface area contributed by atoms with Gasteiger partial charge in [-0.3, -0.25) is 14.7 Å². The number of Topliss-reactive ketones (excluding diaryl/α,β-unsaturated/α-hetero) is 1. The van der Waals surface area contributed by atoms with Crippen molar-refractivity contribution in [1.82, 2.24) is 9.88 Å². The van der Waals surface area contributed by atoms with Crippen LogP contribution in [0.5, 0.6) is 0 Å². The number of carbonyl (C=O) groups excluding carboxylic acids is 1. The summed E-state index contributed by atoms with van der Waals surface area (Å²) in [6.45, 7) is 5.35. The molecule has 1 fully saturated rings. The van der Waals surface area contributed by atoms with Crippen LogP contribution in [0.4, 0.5) is 0 Å². The first-order valence-electron chi connectivity index (χ1n) is 10.3. The number of ketones is 1. The molecule has 0 aliphatic carbocycles. The lowest BCUT2D eigenvalue weighted by Crippen LogP contribution is -2.49. The van der Waals surface area contributed by atoms with Crippen LogP contribution in [0.1, 0.15) is 36.7 Å². The van der Waals surface area contributed by atoms with Gasteiger partial charge in [-0.2, -0.15) is 0 Å². The molecule has 3 aromatic rings. The maximum Gasteiger partial charge on any atom is 0.167 e. The number of halogens is 2. The predicted octanol–water partition coefficient (Wildman–Crippen LogP) is 6.62. The highest BCUT2D eigenvalue weighted by Gasteiger charge is 2.44. The molecule has 158 valence electrons. The molecule has 31 heavy (non-hydrogen) atoms. The molecule has 0 bridgehead atoms. The van der Waals surface area contributed by atoms with E-state index in [1.165, 1.54) is 5.56 Å². The van der Waals surface area contributed by atoms with Gasteiger partial charge in [-0.05, 0) is 41.5 Å². The van der Waals surface area contributed by atoms with Crippen LogP contribution in [0.2, 0.25) is 10.0 Å². The molecule has 2 aromatic carbocycles. The van der Waals surface area contributed by atoms with Crippen LogP contribution in [0.3, 0.4) is 0 Å². The minimum atomic E-state index is -0.526. The number of hydrogen-bond acceptors (Lipinski definition) is 3. The third-order valence-electron chi connectivity index (χ3n) is 5.61. The Morgan fingerprint density at radius 3 is 2.45 bits per heavy atom. The molecule has 1 aliphatic rings. The second-order valence-corrected chi connectivity index (χ2v) is 9.35. The first-order chi connectivity index (χ1) is 14.8. The van der Waals surface area contributed by atoms with Crippen molar-refractivity contribution >= 4 is 35.1 Å². The Bertz CT molecular complexity index is 1110. The third-order valence-corrected chi connectivity index (χ3v) is 6.35. The first-order valence-corrected chi connectivity index (χ1v) is 11.0. The van der Waals surface area contributed by atoms with E-state index < -0.39 is 5.41 Å². The Labute approximate surface area is 193 Å². The fourth-order valence-corrected chi connectivity index (χ4v) is 4.49. The summed E-state index contributed by atoms with van der Waals surface area (Å²) in [5, 5.41) is 0.978. The monoisotopic (exact) mass is 450 g/mol. The summed E-state index contributed by atoms with van der Waals surface area (Å²) in [4.78, 5) is 20.4. The molecule has 0 amide bonds. The van der Waals surface area contributed by atoms with Gasteiger partial charge < -0.3 is 0 Å². The maximum absolute atomic E-state index is 13.6. The van der Waals surface area contributed by atoms with Crippen LogP contribution in [0.15, 0.2) is 78.5 Å². The highest BCUT2D eigenvalue weighted by molar-refractivity contribution is 6.42. The number of nitrogens with zero attached hydrogens (tertiary/aromatic N) is 2. The van der Waals surface area contributed by atoms with Crippen LogP contribution in [-0.4, -0.2) is 22.2 Å². The van der Waals surface area contributed by atoms with Gasteiger partial charge in [0.1, 0.15) is 0 Å². The molecule has 1 aromatic heterocycles. The molecule has 1 atom stereocenters. The van der Waals surface area contributed by atoms with Gasteiger partial charge in [0.05, 0.1) is 21.8 Å². The number of rotatable bonds is 4. The maximum atomic E-state index is 13.6. The summed E-state index contributed by atoms with van der Waals surface area (Å²) in [5.41, 5.74) is 3.08. The molecule has 1 saturated heterocycles. The van der Waals surface area contributed by atoms with Crippen molar-refractivity contribution in [3.05, 3.63) is 105 Å². The first kappa shape index (κ1) is 21.8. The highest BCUT2D eigenvalue weighted by atomic mass is 35.5. The lowest BCUT2D eigenvalue weighted by atomic mass is 9.74. The Morgan fingerprint density at radius 1 is 1.03 bits per heavy atom. The van der Waals surface area contributed by atoms with E-state index in [0.717, 1.165) is 11.3 Å². The lowest BCUT2D eigenvalue weighted by Gasteiger charge is -2.44. The summed E-state index contributed by atoms with van der Waals surface area (Å²) in [6, 6.07) is 21.4. The molecular weight excluding hydrogens is 427 g/mol. The minimum Gasteiger partial charge on any atom is -0.294 e. The average molecular weight is 451 g/mol. The van der Waals surface area contributed by atoms with Crippen molar-refractivity contribution in [2.24, 2.45) is 5.41 Å². The van der Waals surface area contributed by atoms with Gasteiger partial charge in [0.25, 0.3) is 0 Å². The smallest absolute Gasteiger partial charge is 0.167 e. The normalized spacial score (nSPS) is 20.2. The molecule has 0 N–H and O–H groups in total. The second kappa shape index (κ2) is 8.96. The number of benzene rings is 2. The Balaban J connectivity index is 1.86. The summed E-state index contributed by atoms with van der Waals surface area (Å²) < 4.78 is 0. The summed E-state index contributed by atoms with van der Waals surface area (Å²) in [6.07, 6.45) is 3.65. The van der Waals surface area contributed by atoms with Gasteiger partial charge in [0.2, 0.25) is 0 Å². The van der Waals surface area contributed by atoms with E-state index in [1.54, 1.807) is 12.3 Å². The van der Waals surface area contributed by atoms with Crippen molar-refractivity contribution in [1.29, 1.82) is 0 Å². The number of hydrogen-bond donors (Lipinski definition) is 0. The van der Waals surface area contributed by atoms with Gasteiger partial charge in [0, 0.05) is 30.3 Å². The molecule has 2 heterocycles. The lowest BCUT2D eigenvalue weighted by molar-refractivity contribution is -0.128. The zero-order valence-electron chi connectivity index (χ0n) is 17.6. The molecule has 0 spiro atoms. The number of piperidine rings is 1. The Morgan fingerprint density at radius 2 is 1.77 bits per heavy atom. The van der Waals surface area contributed by atoms with Crippen molar-refractivity contribution in [3.63, 3.8) is 0 Å². The number of carbonyl (C=O) groups is 1. The highest BCUT2D eigenvalue weighted by Crippen LogP contribution is 2.43. The summed E-state index contributed by atoms with van der Waals surface area (Å²) in [7, 11) is 0. The van der Waals surface area contributed by atoms with Crippen LogP contribution in [0, 0.1) is 5.41 Å². The van der Waals surface area contributed by atoms with Gasteiger partial charge in [0.15, 0.2) is 5.78 Å². The van der Waals surface area contributed by atoms with Crippen molar-refractivity contribution in [2.75, 3.05) is 6.54 Å². The standard InChI is InChI=1S/C26H24Cl2N2O/c1-26(2)17-30(16-18-8-4-3-5-9-18)24(19-11-12-22(27)23(28)14-19)21(25(26)31)15-20-10-6-7-13-29-20/h3-15,24H,16-17H2,1-2H3. The number of aromatic nitrogens is 1. The van der Waals surface area contributed by atoms with Gasteiger partial charge in [-0.25, -0.2) is 0 Å². The molecule has 5 heteroatoms. The minimum absolute atomic E-state index is 0.124. The van der Waals surface area contributed by atoms with Crippen LogP contribution < -0.4 is 0 Å². The molecule has 1 unspecified atom stereocenters. The number of likely N-dealkylation sites (tertiary alicyclic amines) is 1. The SMILES string of the molecule is CC1(C)CN(Cc2ccccc2)C(c2ccc(Cl)c(Cl)c2)C(=Cc2ccccn2)C1=O. The summed E-state index contributed by atoms with van der Waals surface area (Å²) >= 11 is 12.6. The largest absolute Gasteiger partial charge is 0.294 e. The van der Waals surface area contributed by atoms with Crippen LogP contribution in [0.25, 0.3) is 6.08 Å². The van der Waals surface area contributed by atoms with E-state index in [-0.39, 0.29) is 11.8 Å². The van der Waals surface area contributed by atoms with E-state index in [9.17, 15) is 4.79 Å². The number of pyridine rings is 1. The quantitative estimate of drug-likeness (QED) is 0.418. The van der Waals surface area contributed by atoms with E-state index in [1.807, 2.05) is 68.5 Å². The van der Waals surface area contributed by atoms with Crippen LogP contribution in [-0.2, 0) is 11.3 Å². The zero-order chi connectivity index (χ0) is 22.0. The Hall–Kier alpha value is -2.46. The van der Waals surface area contributed by atoms with Gasteiger partial charge >= 0.3 is 0 Å². The zero-order valence-corrected chi connectivity index (χ0v) is 19.1. The Kier molecular flexibility index (Phi) is 6.29. The van der Waals surface area contributed by atoms with E-state index in [4.69, 9.17) is 23.2 Å². The molecular formula is C26H24Cl2N2O. The van der Waals surface area contributed by atoms with E-state index in [2.05, 4.69) is 22.0 Å². The molecule has 0 saturated carbocycles.